The zero-order valence-corrected chi connectivity index (χ0v) is 15.3. The minimum absolute atomic E-state index is 0.194. The van der Waals surface area contributed by atoms with Gasteiger partial charge in [0, 0.05) is 19.2 Å². The molecule has 0 atom stereocenters. The fourth-order valence-electron chi connectivity index (χ4n) is 2.16. The molecular weight excluding hydrogens is 329 g/mol. The lowest BCUT2D eigenvalue weighted by atomic mass is 9.87. The van der Waals surface area contributed by atoms with Gasteiger partial charge in [0.05, 0.1) is 10.0 Å². The highest BCUT2D eigenvalue weighted by Crippen LogP contribution is 2.26. The minimum Gasteiger partial charge on any atom is -0.492 e. The molecule has 0 aliphatic rings. The van der Waals surface area contributed by atoms with E-state index in [1.165, 1.54) is 11.1 Å². The molecule has 0 fully saturated rings. The summed E-state index contributed by atoms with van der Waals surface area (Å²) < 4.78 is 5.64. The van der Waals surface area contributed by atoms with Crippen molar-refractivity contribution in [2.45, 2.75) is 32.7 Å². The smallest absolute Gasteiger partial charge is 0.120 e. The van der Waals surface area contributed by atoms with Crippen molar-refractivity contribution >= 4 is 23.2 Å². The molecule has 2 aromatic carbocycles. The van der Waals surface area contributed by atoms with Gasteiger partial charge < -0.3 is 10.1 Å². The highest BCUT2D eigenvalue weighted by molar-refractivity contribution is 6.42. The van der Waals surface area contributed by atoms with Gasteiger partial charge in [0.25, 0.3) is 0 Å². The van der Waals surface area contributed by atoms with Crippen molar-refractivity contribution in [3.8, 4) is 5.75 Å². The lowest BCUT2D eigenvalue weighted by Gasteiger charge is -2.19. The molecule has 0 heterocycles. The van der Waals surface area contributed by atoms with E-state index in [0.717, 1.165) is 18.8 Å². The maximum absolute atomic E-state index is 5.95. The monoisotopic (exact) mass is 351 g/mol. The Balaban J connectivity index is 1.72. The largest absolute Gasteiger partial charge is 0.492 e. The molecule has 0 unspecified atom stereocenters. The number of benzene rings is 2. The van der Waals surface area contributed by atoms with E-state index < -0.39 is 0 Å². The highest BCUT2D eigenvalue weighted by atomic mass is 35.5. The molecule has 124 valence electrons. The molecule has 2 aromatic rings. The van der Waals surface area contributed by atoms with Crippen molar-refractivity contribution in [2.24, 2.45) is 0 Å². The van der Waals surface area contributed by atoms with Crippen LogP contribution in [0.15, 0.2) is 42.5 Å². The van der Waals surface area contributed by atoms with Crippen LogP contribution in [0.1, 0.15) is 31.9 Å². The van der Waals surface area contributed by atoms with Crippen LogP contribution in [0, 0.1) is 0 Å². The number of halogens is 2. The fraction of sp³-hybridized carbons (Fsp3) is 0.368. The summed E-state index contributed by atoms with van der Waals surface area (Å²) in [6, 6.07) is 14.0. The van der Waals surface area contributed by atoms with Gasteiger partial charge in [-0.2, -0.15) is 0 Å². The lowest BCUT2D eigenvalue weighted by molar-refractivity contribution is 0.313. The van der Waals surface area contributed by atoms with Crippen LogP contribution < -0.4 is 10.1 Å². The first-order valence-electron chi connectivity index (χ1n) is 7.74. The summed E-state index contributed by atoms with van der Waals surface area (Å²) in [7, 11) is 0. The van der Waals surface area contributed by atoms with Crippen molar-refractivity contribution in [1.29, 1.82) is 0 Å². The van der Waals surface area contributed by atoms with E-state index in [4.69, 9.17) is 27.9 Å². The van der Waals surface area contributed by atoms with Crippen molar-refractivity contribution in [3.63, 3.8) is 0 Å². The van der Waals surface area contributed by atoms with Gasteiger partial charge in [0.1, 0.15) is 12.4 Å². The van der Waals surface area contributed by atoms with E-state index >= 15 is 0 Å². The summed E-state index contributed by atoms with van der Waals surface area (Å²) in [4.78, 5) is 0. The Kier molecular flexibility index (Phi) is 6.34. The van der Waals surface area contributed by atoms with Gasteiger partial charge in [0.2, 0.25) is 0 Å². The second-order valence-corrected chi connectivity index (χ2v) is 7.36. The molecule has 0 amide bonds. The maximum Gasteiger partial charge on any atom is 0.120 e. The van der Waals surface area contributed by atoms with E-state index in [9.17, 15) is 0 Å². The molecule has 0 aromatic heterocycles. The number of rotatable bonds is 6. The third-order valence-electron chi connectivity index (χ3n) is 3.59. The quantitative estimate of drug-likeness (QED) is 0.697. The molecule has 2 rings (SSSR count). The van der Waals surface area contributed by atoms with E-state index in [-0.39, 0.29) is 5.41 Å². The Morgan fingerprint density at radius 1 is 0.957 bits per heavy atom. The van der Waals surface area contributed by atoms with E-state index in [1.807, 2.05) is 6.07 Å². The summed E-state index contributed by atoms with van der Waals surface area (Å²) >= 11 is 11.8. The molecule has 0 aliphatic heterocycles. The van der Waals surface area contributed by atoms with E-state index in [1.54, 1.807) is 12.1 Å². The van der Waals surface area contributed by atoms with Crippen molar-refractivity contribution in [2.75, 3.05) is 13.2 Å². The van der Waals surface area contributed by atoms with Crippen LogP contribution in [-0.4, -0.2) is 13.2 Å². The second-order valence-electron chi connectivity index (χ2n) is 6.55. The summed E-state index contributed by atoms with van der Waals surface area (Å²) in [6.07, 6.45) is 0. The van der Waals surface area contributed by atoms with Gasteiger partial charge in [0.15, 0.2) is 0 Å². The first-order valence-corrected chi connectivity index (χ1v) is 8.50. The van der Waals surface area contributed by atoms with E-state index in [0.29, 0.717) is 16.7 Å². The molecular formula is C19H23Cl2NO. The van der Waals surface area contributed by atoms with Crippen LogP contribution in [-0.2, 0) is 12.0 Å². The normalized spacial score (nSPS) is 11.5. The third-order valence-corrected chi connectivity index (χ3v) is 4.33. The fourth-order valence-corrected chi connectivity index (χ4v) is 2.45. The van der Waals surface area contributed by atoms with Crippen LogP contribution in [0.25, 0.3) is 0 Å². The van der Waals surface area contributed by atoms with Crippen LogP contribution in [0.2, 0.25) is 10.0 Å². The maximum atomic E-state index is 5.95. The van der Waals surface area contributed by atoms with Gasteiger partial charge in [-0.05, 0) is 28.7 Å². The summed E-state index contributed by atoms with van der Waals surface area (Å²) in [5.74, 6) is 0.732. The summed E-state index contributed by atoms with van der Waals surface area (Å²) in [6.45, 7) is 8.84. The highest BCUT2D eigenvalue weighted by Gasteiger charge is 2.12. The van der Waals surface area contributed by atoms with E-state index in [2.05, 4.69) is 50.4 Å². The zero-order chi connectivity index (χ0) is 16.9. The molecule has 4 heteroatoms. The van der Waals surface area contributed by atoms with Crippen LogP contribution in [0.3, 0.4) is 0 Å². The van der Waals surface area contributed by atoms with Crippen molar-refractivity contribution < 1.29 is 4.74 Å². The average Bonchev–Trinajstić information content (AvgIpc) is 2.50. The molecule has 2 nitrogen and oxygen atoms in total. The summed E-state index contributed by atoms with van der Waals surface area (Å²) in [5, 5.41) is 4.42. The SMILES string of the molecule is CC(C)(C)c1ccc(CNCCOc2ccc(Cl)c(Cl)c2)cc1. The Labute approximate surface area is 148 Å². The predicted octanol–water partition coefficient (Wildman–Crippen LogP) is 5.46. The van der Waals surface area contributed by atoms with Gasteiger partial charge in [-0.25, -0.2) is 0 Å². The Bertz CT molecular complexity index is 633. The molecule has 1 N–H and O–H groups in total. The van der Waals surface area contributed by atoms with Gasteiger partial charge in [-0.15, -0.1) is 0 Å². The Morgan fingerprint density at radius 3 is 2.26 bits per heavy atom. The molecule has 0 bridgehead atoms. The topological polar surface area (TPSA) is 21.3 Å². The molecule has 0 radical (unpaired) electrons. The Hall–Kier alpha value is -1.22. The first-order chi connectivity index (χ1) is 10.9. The van der Waals surface area contributed by atoms with Gasteiger partial charge in [-0.1, -0.05) is 68.2 Å². The number of hydrogen-bond donors (Lipinski definition) is 1. The average molecular weight is 352 g/mol. The molecule has 23 heavy (non-hydrogen) atoms. The lowest BCUT2D eigenvalue weighted by Crippen LogP contribution is -2.20. The standard InChI is InChI=1S/C19H23Cl2NO/c1-19(2,3)15-6-4-14(5-7-15)13-22-10-11-23-16-8-9-17(20)18(21)12-16/h4-9,12,22H,10-11,13H2,1-3H3. The predicted molar refractivity (Wildman–Crippen MR) is 98.8 cm³/mol. The first kappa shape index (κ1) is 18.1. The number of hydrogen-bond acceptors (Lipinski definition) is 2. The van der Waals surface area contributed by atoms with Crippen molar-refractivity contribution in [1.82, 2.24) is 5.32 Å². The molecule has 0 saturated heterocycles. The molecule has 0 spiro atoms. The van der Waals surface area contributed by atoms with Crippen LogP contribution >= 0.6 is 23.2 Å². The second kappa shape index (κ2) is 8.05. The zero-order valence-electron chi connectivity index (χ0n) is 13.8. The Morgan fingerprint density at radius 2 is 1.65 bits per heavy atom. The van der Waals surface area contributed by atoms with Gasteiger partial charge >= 0.3 is 0 Å². The molecule has 0 aliphatic carbocycles. The van der Waals surface area contributed by atoms with Crippen molar-refractivity contribution in [3.05, 3.63) is 63.6 Å². The van der Waals surface area contributed by atoms with Crippen LogP contribution in [0.5, 0.6) is 5.75 Å². The van der Waals surface area contributed by atoms with Gasteiger partial charge in [-0.3, -0.25) is 0 Å². The summed E-state index contributed by atoms with van der Waals surface area (Å²) in [5.41, 5.74) is 2.82. The van der Waals surface area contributed by atoms with Crippen LogP contribution in [0.4, 0.5) is 0 Å². The molecule has 0 saturated carbocycles. The number of ether oxygens (including phenoxy) is 1. The third kappa shape index (κ3) is 5.72. The number of nitrogens with one attached hydrogen (secondary N) is 1. The minimum atomic E-state index is 0.194.